The van der Waals surface area contributed by atoms with Crippen molar-refractivity contribution in [2.75, 3.05) is 13.2 Å². The van der Waals surface area contributed by atoms with Gasteiger partial charge in [-0.1, -0.05) is 5.92 Å². The van der Waals surface area contributed by atoms with Gasteiger partial charge in [-0.3, -0.25) is 9.59 Å². The van der Waals surface area contributed by atoms with Crippen LogP contribution in [0.15, 0.2) is 0 Å². The monoisotopic (exact) mass is 181 g/mol. The molecule has 0 bridgehead atoms. The molecule has 13 heavy (non-hydrogen) atoms. The van der Waals surface area contributed by atoms with Crippen LogP contribution >= 0.6 is 0 Å². The van der Waals surface area contributed by atoms with Crippen LogP contribution in [0.3, 0.4) is 0 Å². The average Bonchev–Trinajstić information content (AvgIpc) is 2.43. The molecule has 1 saturated heterocycles. The van der Waals surface area contributed by atoms with E-state index in [2.05, 4.69) is 11.2 Å². The van der Waals surface area contributed by atoms with Gasteiger partial charge < -0.3 is 10.1 Å². The molecule has 0 aliphatic carbocycles. The van der Waals surface area contributed by atoms with Gasteiger partial charge in [0.05, 0.1) is 5.41 Å². The summed E-state index contributed by atoms with van der Waals surface area (Å²) in [5.41, 5.74) is -0.742. The lowest BCUT2D eigenvalue weighted by atomic mass is 9.90. The van der Waals surface area contributed by atoms with E-state index in [0.29, 0.717) is 6.54 Å². The third-order valence-corrected chi connectivity index (χ3v) is 2.01. The number of amides is 1. The largest absolute Gasteiger partial charge is 0.452 e. The maximum absolute atomic E-state index is 11.4. The van der Waals surface area contributed by atoms with Crippen molar-refractivity contribution in [2.45, 2.75) is 13.3 Å². The van der Waals surface area contributed by atoms with E-state index in [1.165, 1.54) is 0 Å². The molecular formula is C9H11NO3. The van der Waals surface area contributed by atoms with Gasteiger partial charge in [0.2, 0.25) is 5.91 Å². The molecule has 1 aliphatic heterocycles. The number of terminal acetylenes is 1. The Balaban J connectivity index is 2.56. The van der Waals surface area contributed by atoms with E-state index in [1.807, 2.05) is 0 Å². The topological polar surface area (TPSA) is 55.4 Å². The van der Waals surface area contributed by atoms with Crippen molar-refractivity contribution < 1.29 is 14.3 Å². The molecule has 1 aliphatic rings. The number of esters is 1. The summed E-state index contributed by atoms with van der Waals surface area (Å²) in [6, 6.07) is 0. The molecule has 0 radical (unpaired) electrons. The highest BCUT2D eigenvalue weighted by Crippen LogP contribution is 2.26. The van der Waals surface area contributed by atoms with Crippen molar-refractivity contribution in [2.24, 2.45) is 5.41 Å². The van der Waals surface area contributed by atoms with Gasteiger partial charge in [0.25, 0.3) is 0 Å². The molecule has 1 N–H and O–H groups in total. The number of hydrogen-bond acceptors (Lipinski definition) is 3. The number of nitrogens with one attached hydrogen (secondary N) is 1. The second-order valence-electron chi connectivity index (χ2n) is 3.29. The van der Waals surface area contributed by atoms with Gasteiger partial charge in [-0.25, -0.2) is 0 Å². The predicted molar refractivity (Wildman–Crippen MR) is 45.5 cm³/mol. The van der Waals surface area contributed by atoms with Crippen molar-refractivity contribution in [1.82, 2.24) is 5.32 Å². The van der Waals surface area contributed by atoms with Crippen LogP contribution in [0.4, 0.5) is 0 Å². The predicted octanol–water partition coefficient (Wildman–Crippen LogP) is -0.311. The first-order chi connectivity index (χ1) is 6.08. The highest BCUT2D eigenvalue weighted by atomic mass is 16.5. The Hall–Kier alpha value is -1.50. The minimum atomic E-state index is -0.742. The van der Waals surface area contributed by atoms with Crippen LogP contribution in [0.1, 0.15) is 13.3 Å². The van der Waals surface area contributed by atoms with Gasteiger partial charge in [0, 0.05) is 13.0 Å². The zero-order chi connectivity index (χ0) is 9.90. The van der Waals surface area contributed by atoms with Crippen LogP contribution in [0.25, 0.3) is 0 Å². The molecule has 1 fully saturated rings. The maximum atomic E-state index is 11.4. The lowest BCUT2D eigenvalue weighted by Crippen LogP contribution is -2.32. The van der Waals surface area contributed by atoms with Crippen molar-refractivity contribution in [3.8, 4) is 12.3 Å². The van der Waals surface area contributed by atoms with Gasteiger partial charge in [-0.2, -0.15) is 0 Å². The number of hydrogen-bond donors (Lipinski definition) is 1. The molecule has 1 unspecified atom stereocenters. The van der Waals surface area contributed by atoms with E-state index in [0.717, 1.165) is 0 Å². The number of rotatable bonds is 2. The second kappa shape index (κ2) is 3.48. The fraction of sp³-hybridized carbons (Fsp3) is 0.556. The molecule has 4 heteroatoms. The molecule has 1 amide bonds. The minimum Gasteiger partial charge on any atom is -0.452 e. The molecule has 0 aromatic carbocycles. The zero-order valence-electron chi connectivity index (χ0n) is 7.42. The molecule has 70 valence electrons. The SMILES string of the molecule is C#CCOC(=O)C1(C)CNC(=O)C1. The summed E-state index contributed by atoms with van der Waals surface area (Å²) >= 11 is 0. The van der Waals surface area contributed by atoms with Crippen molar-refractivity contribution in [3.63, 3.8) is 0 Å². The van der Waals surface area contributed by atoms with Crippen LogP contribution in [-0.2, 0) is 14.3 Å². The third kappa shape index (κ3) is 2.00. The first kappa shape index (κ1) is 9.59. The molecule has 4 nitrogen and oxygen atoms in total. The summed E-state index contributed by atoms with van der Waals surface area (Å²) in [7, 11) is 0. The number of carbonyl (C=O) groups excluding carboxylic acids is 2. The van der Waals surface area contributed by atoms with Gasteiger partial charge in [-0.15, -0.1) is 6.42 Å². The first-order valence-corrected chi connectivity index (χ1v) is 3.96. The van der Waals surface area contributed by atoms with Crippen LogP contribution in [-0.4, -0.2) is 25.0 Å². The lowest BCUT2D eigenvalue weighted by Gasteiger charge is -2.17. The van der Waals surface area contributed by atoms with E-state index in [4.69, 9.17) is 11.2 Å². The summed E-state index contributed by atoms with van der Waals surface area (Å²) in [4.78, 5) is 22.2. The molecule has 0 aromatic rings. The third-order valence-electron chi connectivity index (χ3n) is 2.01. The van der Waals surface area contributed by atoms with E-state index >= 15 is 0 Å². The fourth-order valence-corrected chi connectivity index (χ4v) is 1.20. The Morgan fingerprint density at radius 3 is 3.00 bits per heavy atom. The quantitative estimate of drug-likeness (QED) is 0.469. The first-order valence-electron chi connectivity index (χ1n) is 3.96. The molecule has 0 aromatic heterocycles. The minimum absolute atomic E-state index is 0.0391. The zero-order valence-corrected chi connectivity index (χ0v) is 7.42. The summed E-state index contributed by atoms with van der Waals surface area (Å²) in [6.45, 7) is 1.97. The normalized spacial score (nSPS) is 26.3. The summed E-state index contributed by atoms with van der Waals surface area (Å²) in [5.74, 6) is 1.66. The van der Waals surface area contributed by atoms with E-state index in [1.54, 1.807) is 6.92 Å². The second-order valence-corrected chi connectivity index (χ2v) is 3.29. The van der Waals surface area contributed by atoms with E-state index < -0.39 is 11.4 Å². The standard InChI is InChI=1S/C9H11NO3/c1-3-4-13-8(12)9(2)5-7(11)10-6-9/h1H,4-6H2,2H3,(H,10,11). The van der Waals surface area contributed by atoms with Gasteiger partial charge in [-0.05, 0) is 6.92 Å². The Kier molecular flexibility index (Phi) is 2.57. The number of carbonyl (C=O) groups is 2. The number of ether oxygens (including phenoxy) is 1. The summed E-state index contributed by atoms with van der Waals surface area (Å²) < 4.78 is 4.76. The van der Waals surface area contributed by atoms with Gasteiger partial charge >= 0.3 is 5.97 Å². The Labute approximate surface area is 76.6 Å². The average molecular weight is 181 g/mol. The summed E-state index contributed by atoms with van der Waals surface area (Å²) in [6.07, 6.45) is 5.11. The Bertz CT molecular complexity index is 279. The Morgan fingerprint density at radius 1 is 1.85 bits per heavy atom. The van der Waals surface area contributed by atoms with Crippen molar-refractivity contribution in [3.05, 3.63) is 0 Å². The molecule has 0 spiro atoms. The highest BCUT2D eigenvalue weighted by molar-refractivity contribution is 5.89. The molecular weight excluding hydrogens is 170 g/mol. The molecule has 1 atom stereocenters. The lowest BCUT2D eigenvalue weighted by molar-refractivity contribution is -0.152. The van der Waals surface area contributed by atoms with E-state index in [9.17, 15) is 9.59 Å². The molecule has 1 rings (SSSR count). The van der Waals surface area contributed by atoms with Crippen molar-refractivity contribution >= 4 is 11.9 Å². The van der Waals surface area contributed by atoms with E-state index in [-0.39, 0.29) is 18.9 Å². The van der Waals surface area contributed by atoms with Crippen LogP contribution < -0.4 is 5.32 Å². The fourth-order valence-electron chi connectivity index (χ4n) is 1.20. The van der Waals surface area contributed by atoms with Crippen LogP contribution in [0.5, 0.6) is 0 Å². The molecule has 1 heterocycles. The summed E-state index contributed by atoms with van der Waals surface area (Å²) in [5, 5.41) is 2.58. The van der Waals surface area contributed by atoms with Crippen LogP contribution in [0, 0.1) is 17.8 Å². The van der Waals surface area contributed by atoms with Crippen LogP contribution in [0.2, 0.25) is 0 Å². The Morgan fingerprint density at radius 2 is 2.54 bits per heavy atom. The van der Waals surface area contributed by atoms with Gasteiger partial charge in [0.15, 0.2) is 6.61 Å². The maximum Gasteiger partial charge on any atom is 0.315 e. The molecule has 0 saturated carbocycles. The van der Waals surface area contributed by atoms with Crippen molar-refractivity contribution in [1.29, 1.82) is 0 Å². The van der Waals surface area contributed by atoms with Gasteiger partial charge in [0.1, 0.15) is 0 Å². The highest BCUT2D eigenvalue weighted by Gasteiger charge is 2.42. The smallest absolute Gasteiger partial charge is 0.315 e.